The monoisotopic (exact) mass is 317 g/mol. The Kier molecular flexibility index (Phi) is 3.71. The molecule has 1 saturated heterocycles. The van der Waals surface area contributed by atoms with Crippen molar-refractivity contribution in [1.29, 1.82) is 5.26 Å². The van der Waals surface area contributed by atoms with E-state index in [9.17, 15) is 14.4 Å². The molecule has 0 bridgehead atoms. The molecule has 2 aromatic rings. The first-order valence-corrected chi connectivity index (χ1v) is 7.33. The summed E-state index contributed by atoms with van der Waals surface area (Å²) in [6.45, 7) is 0.741. The maximum atomic E-state index is 14.1. The van der Waals surface area contributed by atoms with Gasteiger partial charge in [-0.1, -0.05) is 11.6 Å². The third-order valence-corrected chi connectivity index (χ3v) is 4.28. The summed E-state index contributed by atoms with van der Waals surface area (Å²) in [4.78, 5) is 17.0. The number of hydrogen-bond acceptors (Lipinski definition) is 4. The number of fused-ring (bicyclic) bond motifs is 1. The Morgan fingerprint density at radius 2 is 2.14 bits per heavy atom. The van der Waals surface area contributed by atoms with Crippen molar-refractivity contribution in [2.24, 2.45) is 0 Å². The van der Waals surface area contributed by atoms with E-state index in [0.29, 0.717) is 35.6 Å². The van der Waals surface area contributed by atoms with E-state index in [1.165, 1.54) is 6.20 Å². The summed E-state index contributed by atoms with van der Waals surface area (Å²) in [5.74, 6) is 0. The van der Waals surface area contributed by atoms with E-state index in [1.54, 1.807) is 18.2 Å². The van der Waals surface area contributed by atoms with E-state index in [4.69, 9.17) is 11.6 Å². The molecule has 0 aliphatic carbocycles. The fraction of sp³-hybridized carbons (Fsp3) is 0.312. The average Bonchev–Trinajstić information content (AvgIpc) is 2.54. The van der Waals surface area contributed by atoms with Crippen molar-refractivity contribution in [3.05, 3.63) is 35.0 Å². The zero-order valence-corrected chi connectivity index (χ0v) is 12.5. The molecular formula is C16H13ClFN3O. The first-order chi connectivity index (χ1) is 10.6. The minimum atomic E-state index is -1.76. The number of nitrogens with zero attached hydrogens (tertiary/aromatic N) is 3. The maximum Gasteiger partial charge on any atom is 0.169 e. The molecule has 4 nitrogen and oxygen atoms in total. The van der Waals surface area contributed by atoms with Gasteiger partial charge >= 0.3 is 0 Å². The molecule has 0 radical (unpaired) electrons. The highest BCUT2D eigenvalue weighted by atomic mass is 35.5. The number of hydrogen-bond donors (Lipinski definition) is 0. The molecular weight excluding hydrogens is 305 g/mol. The Morgan fingerprint density at radius 1 is 1.41 bits per heavy atom. The van der Waals surface area contributed by atoms with E-state index in [1.807, 2.05) is 4.90 Å². The number of halogens is 2. The Hall–Kier alpha value is -2.19. The molecule has 1 aliphatic rings. The topological polar surface area (TPSA) is 57.0 Å². The molecule has 0 saturated carbocycles. The second kappa shape index (κ2) is 5.54. The summed E-state index contributed by atoms with van der Waals surface area (Å²) >= 11 is 6.06. The van der Waals surface area contributed by atoms with Gasteiger partial charge in [0, 0.05) is 42.5 Å². The lowest BCUT2D eigenvalue weighted by atomic mass is 9.94. The number of benzene rings is 1. The number of piperidine rings is 1. The molecule has 0 atom stereocenters. The molecule has 0 spiro atoms. The lowest BCUT2D eigenvalue weighted by molar-refractivity contribution is -0.119. The predicted molar refractivity (Wildman–Crippen MR) is 82.8 cm³/mol. The third kappa shape index (κ3) is 2.51. The molecule has 1 aromatic heterocycles. The summed E-state index contributed by atoms with van der Waals surface area (Å²) in [6.07, 6.45) is 2.14. The lowest BCUT2D eigenvalue weighted by Crippen LogP contribution is -2.43. The van der Waals surface area contributed by atoms with Gasteiger partial charge in [-0.05, 0) is 18.2 Å². The molecule has 3 rings (SSSR count). The van der Waals surface area contributed by atoms with Crippen LogP contribution in [0.1, 0.15) is 18.4 Å². The van der Waals surface area contributed by atoms with Crippen LogP contribution in [0.15, 0.2) is 24.4 Å². The van der Waals surface area contributed by atoms with Gasteiger partial charge in [0.05, 0.1) is 16.8 Å². The SMILES string of the molecule is N#Cc1cnc2ccc(Cl)cc2c1N1CCC(F)(C=O)CC1. The lowest BCUT2D eigenvalue weighted by Gasteiger charge is -2.35. The summed E-state index contributed by atoms with van der Waals surface area (Å²) < 4.78 is 14.1. The normalized spacial score (nSPS) is 17.2. The van der Waals surface area contributed by atoms with Crippen LogP contribution in [0, 0.1) is 11.3 Å². The van der Waals surface area contributed by atoms with Crippen molar-refractivity contribution >= 4 is 34.5 Å². The highest BCUT2D eigenvalue weighted by Gasteiger charge is 2.35. The number of pyridine rings is 1. The summed E-state index contributed by atoms with van der Waals surface area (Å²) in [5.41, 5.74) is 0.102. The van der Waals surface area contributed by atoms with Crippen LogP contribution in [0.3, 0.4) is 0 Å². The van der Waals surface area contributed by atoms with Gasteiger partial charge in [-0.25, -0.2) is 4.39 Å². The fourth-order valence-electron chi connectivity index (χ4n) is 2.79. The third-order valence-electron chi connectivity index (χ3n) is 4.04. The van der Waals surface area contributed by atoms with Crippen LogP contribution in [-0.4, -0.2) is 30.0 Å². The van der Waals surface area contributed by atoms with Crippen LogP contribution in [-0.2, 0) is 4.79 Å². The fourth-order valence-corrected chi connectivity index (χ4v) is 2.97. The van der Waals surface area contributed by atoms with Crippen LogP contribution in [0.5, 0.6) is 0 Å². The van der Waals surface area contributed by atoms with E-state index >= 15 is 0 Å². The quantitative estimate of drug-likeness (QED) is 0.798. The number of aldehydes is 1. The Bertz CT molecular complexity index is 779. The molecule has 0 unspecified atom stereocenters. The van der Waals surface area contributed by atoms with Gasteiger partial charge < -0.3 is 4.90 Å². The smallest absolute Gasteiger partial charge is 0.169 e. The van der Waals surface area contributed by atoms with Gasteiger partial charge in [0.2, 0.25) is 0 Å². The van der Waals surface area contributed by atoms with E-state index in [-0.39, 0.29) is 12.8 Å². The highest BCUT2D eigenvalue weighted by Crippen LogP contribution is 2.35. The van der Waals surface area contributed by atoms with Crippen LogP contribution in [0.4, 0.5) is 10.1 Å². The van der Waals surface area contributed by atoms with Crippen molar-refractivity contribution in [3.63, 3.8) is 0 Å². The number of aromatic nitrogens is 1. The number of anilines is 1. The molecule has 1 aliphatic heterocycles. The molecule has 112 valence electrons. The average molecular weight is 318 g/mol. The van der Waals surface area contributed by atoms with Gasteiger partial charge in [0.1, 0.15) is 6.07 Å². The number of carbonyl (C=O) groups is 1. The second-order valence-corrected chi connectivity index (χ2v) is 5.87. The number of alkyl halides is 1. The standard InChI is InChI=1S/C16H13ClFN3O/c17-12-1-2-14-13(7-12)15(11(8-19)9-20-14)21-5-3-16(18,10-22)4-6-21/h1-2,7,9-10H,3-6H2. The molecule has 2 heterocycles. The molecule has 1 aromatic carbocycles. The second-order valence-electron chi connectivity index (χ2n) is 5.43. The van der Waals surface area contributed by atoms with Gasteiger partial charge in [-0.15, -0.1) is 0 Å². The molecule has 6 heteroatoms. The van der Waals surface area contributed by atoms with Gasteiger partial charge in [0.15, 0.2) is 12.0 Å². The Morgan fingerprint density at radius 3 is 2.77 bits per heavy atom. The summed E-state index contributed by atoms with van der Waals surface area (Å²) in [7, 11) is 0. The van der Waals surface area contributed by atoms with Crippen LogP contribution in [0.2, 0.25) is 5.02 Å². The van der Waals surface area contributed by atoms with Crippen molar-refractivity contribution in [2.75, 3.05) is 18.0 Å². The van der Waals surface area contributed by atoms with E-state index in [2.05, 4.69) is 11.1 Å². The highest BCUT2D eigenvalue weighted by molar-refractivity contribution is 6.31. The molecule has 1 fully saturated rings. The van der Waals surface area contributed by atoms with Crippen molar-refractivity contribution < 1.29 is 9.18 Å². The van der Waals surface area contributed by atoms with Gasteiger partial charge in [-0.3, -0.25) is 9.78 Å². The van der Waals surface area contributed by atoms with Crippen LogP contribution in [0.25, 0.3) is 10.9 Å². The minimum Gasteiger partial charge on any atom is -0.370 e. The first-order valence-electron chi connectivity index (χ1n) is 6.95. The Balaban J connectivity index is 2.08. The van der Waals surface area contributed by atoms with Gasteiger partial charge in [-0.2, -0.15) is 5.26 Å². The minimum absolute atomic E-state index is 0.117. The van der Waals surface area contributed by atoms with Crippen molar-refractivity contribution in [3.8, 4) is 6.07 Å². The Labute approximate surface area is 132 Å². The number of carbonyl (C=O) groups excluding carboxylic acids is 1. The first kappa shape index (κ1) is 14.7. The van der Waals surface area contributed by atoms with Gasteiger partial charge in [0.25, 0.3) is 0 Å². The van der Waals surface area contributed by atoms with Crippen LogP contribution >= 0.6 is 11.6 Å². The zero-order chi connectivity index (χ0) is 15.7. The van der Waals surface area contributed by atoms with E-state index in [0.717, 1.165) is 10.9 Å². The summed E-state index contributed by atoms with van der Waals surface area (Å²) in [6, 6.07) is 7.42. The number of nitriles is 1. The van der Waals surface area contributed by atoms with E-state index < -0.39 is 5.67 Å². The predicted octanol–water partition coefficient (Wildman–Crippen LogP) is 3.27. The molecule has 0 N–H and O–H groups in total. The number of rotatable bonds is 2. The van der Waals surface area contributed by atoms with Crippen LogP contribution < -0.4 is 4.90 Å². The largest absolute Gasteiger partial charge is 0.370 e. The van der Waals surface area contributed by atoms with Crippen molar-refractivity contribution in [2.45, 2.75) is 18.5 Å². The molecule has 0 amide bonds. The zero-order valence-electron chi connectivity index (χ0n) is 11.7. The van der Waals surface area contributed by atoms with Crippen molar-refractivity contribution in [1.82, 2.24) is 4.98 Å². The maximum absolute atomic E-state index is 14.1. The molecule has 22 heavy (non-hydrogen) atoms. The summed E-state index contributed by atoms with van der Waals surface area (Å²) in [5, 5.41) is 10.7.